The lowest BCUT2D eigenvalue weighted by Gasteiger charge is -2.28. The van der Waals surface area contributed by atoms with E-state index in [0.29, 0.717) is 17.9 Å². The maximum absolute atomic E-state index is 5.74. The first-order valence-corrected chi connectivity index (χ1v) is 12.6. The molecule has 176 valence electrons. The predicted molar refractivity (Wildman–Crippen MR) is 136 cm³/mol. The van der Waals surface area contributed by atoms with Gasteiger partial charge in [-0.3, -0.25) is 0 Å². The molecule has 0 aromatic heterocycles. The predicted octanol–water partition coefficient (Wildman–Crippen LogP) is 7.02. The zero-order valence-corrected chi connectivity index (χ0v) is 20.9. The van der Waals surface area contributed by atoms with Gasteiger partial charge in [-0.15, -0.1) is 6.58 Å². The van der Waals surface area contributed by atoms with E-state index in [1.807, 2.05) is 13.1 Å². The number of nitrogens with two attached hydrogens (primary N) is 1. The van der Waals surface area contributed by atoms with Crippen LogP contribution in [0.15, 0.2) is 37.2 Å². The summed E-state index contributed by atoms with van der Waals surface area (Å²) in [5.41, 5.74) is 7.83. The van der Waals surface area contributed by atoms with Crippen molar-refractivity contribution in [2.45, 2.75) is 104 Å². The Morgan fingerprint density at radius 3 is 2.33 bits per heavy atom. The fourth-order valence-corrected chi connectivity index (χ4v) is 4.10. The molecule has 1 saturated heterocycles. The maximum atomic E-state index is 5.74. The molecule has 0 saturated carbocycles. The number of nitrogens with one attached hydrogen (secondary N) is 1. The summed E-state index contributed by atoms with van der Waals surface area (Å²) >= 11 is 0. The number of allylic oxidation sites excluding steroid dienone is 2. The zero-order valence-electron chi connectivity index (χ0n) is 20.9. The summed E-state index contributed by atoms with van der Waals surface area (Å²) in [6.45, 7) is 21.0. The Bertz CT molecular complexity index is 457. The van der Waals surface area contributed by atoms with E-state index >= 15 is 0 Å². The molecule has 3 nitrogen and oxygen atoms in total. The number of rotatable bonds is 14. The number of hydrogen-bond acceptors (Lipinski definition) is 3. The van der Waals surface area contributed by atoms with Gasteiger partial charge < -0.3 is 16.0 Å². The SMILES string of the molecule is C=C1[C@@H](NC)CCCCN1CCCC.C=CC(CCCCCCCC)C(C)C(=C)N. The summed E-state index contributed by atoms with van der Waals surface area (Å²) in [6, 6.07) is 0.509. The zero-order chi connectivity index (χ0) is 22.8. The monoisotopic (exact) mass is 419 g/mol. The molecule has 3 atom stereocenters. The van der Waals surface area contributed by atoms with Crippen LogP contribution >= 0.6 is 0 Å². The lowest BCUT2D eigenvalue weighted by molar-refractivity contribution is 0.325. The molecule has 2 unspecified atom stereocenters. The average Bonchev–Trinajstić information content (AvgIpc) is 2.92. The number of likely N-dealkylation sites (N-methyl/N-ethyl adjacent to an activating group) is 1. The van der Waals surface area contributed by atoms with E-state index in [9.17, 15) is 0 Å². The molecule has 0 aromatic rings. The molecular formula is C27H53N3. The fraction of sp³-hybridized carbons (Fsp3) is 0.778. The third-order valence-corrected chi connectivity index (χ3v) is 6.53. The number of hydrogen-bond donors (Lipinski definition) is 2. The van der Waals surface area contributed by atoms with E-state index in [0.717, 1.165) is 5.70 Å². The van der Waals surface area contributed by atoms with Crippen molar-refractivity contribution in [2.24, 2.45) is 17.6 Å². The number of likely N-dealkylation sites (tertiary alicyclic amines) is 1. The van der Waals surface area contributed by atoms with Crippen molar-refractivity contribution < 1.29 is 0 Å². The lowest BCUT2D eigenvalue weighted by Crippen LogP contribution is -2.35. The molecule has 0 aliphatic carbocycles. The highest BCUT2D eigenvalue weighted by atomic mass is 15.2. The van der Waals surface area contributed by atoms with E-state index < -0.39 is 0 Å². The van der Waals surface area contributed by atoms with E-state index in [-0.39, 0.29) is 0 Å². The molecule has 3 heteroatoms. The number of nitrogens with zero attached hydrogens (tertiary/aromatic N) is 1. The molecule has 0 bridgehead atoms. The summed E-state index contributed by atoms with van der Waals surface area (Å²) in [5.74, 6) is 0.872. The van der Waals surface area contributed by atoms with E-state index in [1.54, 1.807) is 0 Å². The van der Waals surface area contributed by atoms with Crippen LogP contribution in [0.3, 0.4) is 0 Å². The van der Waals surface area contributed by atoms with Gasteiger partial charge in [-0.25, -0.2) is 0 Å². The Kier molecular flexibility index (Phi) is 17.8. The smallest absolute Gasteiger partial charge is 0.0463 e. The van der Waals surface area contributed by atoms with Gasteiger partial charge in [0.25, 0.3) is 0 Å². The van der Waals surface area contributed by atoms with Gasteiger partial charge in [0.1, 0.15) is 0 Å². The highest BCUT2D eigenvalue weighted by Gasteiger charge is 2.19. The van der Waals surface area contributed by atoms with Crippen molar-refractivity contribution in [3.63, 3.8) is 0 Å². The van der Waals surface area contributed by atoms with Gasteiger partial charge in [-0.2, -0.15) is 0 Å². The molecule has 1 aliphatic heterocycles. The topological polar surface area (TPSA) is 41.3 Å². The Morgan fingerprint density at radius 2 is 1.77 bits per heavy atom. The van der Waals surface area contributed by atoms with Crippen LogP contribution in [0.1, 0.15) is 97.8 Å². The van der Waals surface area contributed by atoms with Gasteiger partial charge >= 0.3 is 0 Å². The lowest BCUT2D eigenvalue weighted by atomic mass is 9.87. The van der Waals surface area contributed by atoms with Crippen LogP contribution in [-0.2, 0) is 0 Å². The normalized spacial score (nSPS) is 18.7. The Hall–Kier alpha value is -1.22. The second-order valence-electron chi connectivity index (χ2n) is 8.99. The molecule has 1 aliphatic rings. The minimum atomic E-state index is 0.369. The van der Waals surface area contributed by atoms with Crippen LogP contribution in [0.25, 0.3) is 0 Å². The van der Waals surface area contributed by atoms with Crippen LogP contribution in [0.5, 0.6) is 0 Å². The largest absolute Gasteiger partial charge is 0.402 e. The van der Waals surface area contributed by atoms with Crippen molar-refractivity contribution in [1.82, 2.24) is 10.2 Å². The van der Waals surface area contributed by atoms with Crippen LogP contribution in [0.2, 0.25) is 0 Å². The molecule has 0 aromatic carbocycles. The molecule has 0 spiro atoms. The third-order valence-electron chi connectivity index (χ3n) is 6.53. The van der Waals surface area contributed by atoms with Crippen molar-refractivity contribution >= 4 is 0 Å². The van der Waals surface area contributed by atoms with E-state index in [4.69, 9.17) is 5.73 Å². The molecule has 3 N–H and O–H groups in total. The van der Waals surface area contributed by atoms with Gasteiger partial charge in [0.2, 0.25) is 0 Å². The van der Waals surface area contributed by atoms with Crippen molar-refractivity contribution in [3.8, 4) is 0 Å². The molecule has 1 fully saturated rings. The van der Waals surface area contributed by atoms with Gasteiger partial charge in [-0.05, 0) is 45.1 Å². The second kappa shape index (κ2) is 18.5. The van der Waals surface area contributed by atoms with E-state index in [2.05, 4.69) is 50.7 Å². The van der Waals surface area contributed by atoms with Crippen molar-refractivity contribution in [3.05, 3.63) is 37.2 Å². The minimum Gasteiger partial charge on any atom is -0.402 e. The Labute approximate surface area is 189 Å². The second-order valence-corrected chi connectivity index (χ2v) is 8.99. The fourth-order valence-electron chi connectivity index (χ4n) is 4.10. The molecule has 0 radical (unpaired) electrons. The van der Waals surface area contributed by atoms with Crippen LogP contribution in [0.4, 0.5) is 0 Å². The first kappa shape index (κ1) is 28.8. The summed E-state index contributed by atoms with van der Waals surface area (Å²) in [4.78, 5) is 2.47. The maximum Gasteiger partial charge on any atom is 0.0463 e. The number of unbranched alkanes of at least 4 members (excludes halogenated alkanes) is 6. The Balaban J connectivity index is 0.000000564. The summed E-state index contributed by atoms with van der Waals surface area (Å²) in [5, 5.41) is 3.36. The molecular weight excluding hydrogens is 366 g/mol. The molecule has 0 amide bonds. The van der Waals surface area contributed by atoms with Crippen LogP contribution in [-0.4, -0.2) is 31.1 Å². The first-order chi connectivity index (χ1) is 14.4. The van der Waals surface area contributed by atoms with E-state index in [1.165, 1.54) is 95.8 Å². The average molecular weight is 420 g/mol. The van der Waals surface area contributed by atoms with Crippen molar-refractivity contribution in [1.29, 1.82) is 0 Å². The van der Waals surface area contributed by atoms with Gasteiger partial charge in [0.05, 0.1) is 0 Å². The summed E-state index contributed by atoms with van der Waals surface area (Å²) in [6.07, 6.45) is 17.8. The van der Waals surface area contributed by atoms with Crippen molar-refractivity contribution in [2.75, 3.05) is 20.1 Å². The summed E-state index contributed by atoms with van der Waals surface area (Å²) < 4.78 is 0. The summed E-state index contributed by atoms with van der Waals surface area (Å²) in [7, 11) is 2.04. The van der Waals surface area contributed by atoms with Crippen LogP contribution < -0.4 is 11.1 Å². The van der Waals surface area contributed by atoms with Gasteiger partial charge in [0, 0.05) is 36.4 Å². The quantitative estimate of drug-likeness (QED) is 0.235. The molecule has 1 rings (SSSR count). The van der Waals surface area contributed by atoms with Gasteiger partial charge in [0.15, 0.2) is 0 Å². The first-order valence-electron chi connectivity index (χ1n) is 12.6. The Morgan fingerprint density at radius 1 is 1.13 bits per heavy atom. The van der Waals surface area contributed by atoms with Crippen LogP contribution in [0, 0.1) is 11.8 Å². The third kappa shape index (κ3) is 12.5. The molecule has 30 heavy (non-hydrogen) atoms. The minimum absolute atomic E-state index is 0.369. The highest BCUT2D eigenvalue weighted by Crippen LogP contribution is 2.23. The highest BCUT2D eigenvalue weighted by molar-refractivity contribution is 5.06. The standard InChI is InChI=1S/C15H29N.C12H24N2/c1-5-7-8-9-10-11-12-15(6-2)13(3)14(4)16;1-4-5-9-14-10-7-6-8-12(13-3)11(14)2/h6,13,15H,2,4-5,7-12,16H2,1,3H3;12-13H,2,4-10H2,1,3H3/t;12-/m.0/s1. The van der Waals surface area contributed by atoms with Gasteiger partial charge in [-0.1, -0.05) is 85.0 Å². The molecule has 1 heterocycles.